The van der Waals surface area contributed by atoms with E-state index in [9.17, 15) is 9.59 Å². The van der Waals surface area contributed by atoms with E-state index in [0.717, 1.165) is 31.2 Å². The first-order valence-electron chi connectivity index (χ1n) is 8.16. The summed E-state index contributed by atoms with van der Waals surface area (Å²) in [7, 11) is 3.60. The largest absolute Gasteiger partial charge is 0.493 e. The van der Waals surface area contributed by atoms with Crippen LogP contribution in [0.4, 0.5) is 0 Å². The molecule has 4 unspecified atom stereocenters. The zero-order valence-electron chi connectivity index (χ0n) is 13.5. The Bertz CT molecular complexity index is 673. The molecular weight excluding hydrogens is 294 g/mol. The molecule has 1 saturated heterocycles. The van der Waals surface area contributed by atoms with Crippen LogP contribution in [-0.2, 0) is 15.0 Å². The third-order valence-electron chi connectivity index (χ3n) is 6.00. The lowest BCUT2D eigenvalue weighted by Crippen LogP contribution is -2.63. The SMILES string of the molecule is COc1cccc2c1OC1C(=O)CCC3C(C=O)N(C)CCC213. The Labute approximate surface area is 135 Å². The summed E-state index contributed by atoms with van der Waals surface area (Å²) in [6.07, 6.45) is 2.60. The summed E-state index contributed by atoms with van der Waals surface area (Å²) >= 11 is 0. The molecule has 0 N–H and O–H groups in total. The molecule has 0 amide bonds. The van der Waals surface area contributed by atoms with Crippen LogP contribution in [0.25, 0.3) is 0 Å². The smallest absolute Gasteiger partial charge is 0.174 e. The first-order chi connectivity index (χ1) is 11.1. The second-order valence-corrected chi connectivity index (χ2v) is 6.84. The molecule has 1 aromatic rings. The van der Waals surface area contributed by atoms with Gasteiger partial charge in [-0.05, 0) is 38.4 Å². The van der Waals surface area contributed by atoms with Crippen molar-refractivity contribution in [2.45, 2.75) is 36.8 Å². The van der Waals surface area contributed by atoms with Gasteiger partial charge in [-0.15, -0.1) is 0 Å². The summed E-state index contributed by atoms with van der Waals surface area (Å²) in [4.78, 5) is 26.4. The van der Waals surface area contributed by atoms with Gasteiger partial charge in [-0.2, -0.15) is 0 Å². The van der Waals surface area contributed by atoms with Gasteiger partial charge < -0.3 is 14.3 Å². The van der Waals surface area contributed by atoms with Gasteiger partial charge in [-0.3, -0.25) is 9.69 Å². The summed E-state index contributed by atoms with van der Waals surface area (Å²) in [5.74, 6) is 1.61. The zero-order valence-corrected chi connectivity index (χ0v) is 13.5. The van der Waals surface area contributed by atoms with E-state index < -0.39 is 11.5 Å². The third-order valence-corrected chi connectivity index (χ3v) is 6.00. The van der Waals surface area contributed by atoms with E-state index in [2.05, 4.69) is 4.90 Å². The van der Waals surface area contributed by atoms with Crippen LogP contribution >= 0.6 is 0 Å². The molecule has 1 aliphatic carbocycles. The molecule has 4 atom stereocenters. The first kappa shape index (κ1) is 14.7. The van der Waals surface area contributed by atoms with Crippen LogP contribution in [-0.4, -0.2) is 49.8 Å². The summed E-state index contributed by atoms with van der Waals surface area (Å²) in [5, 5.41) is 0. The van der Waals surface area contributed by atoms with Crippen molar-refractivity contribution in [3.63, 3.8) is 0 Å². The van der Waals surface area contributed by atoms with E-state index in [-0.39, 0.29) is 17.7 Å². The molecule has 5 heteroatoms. The van der Waals surface area contributed by atoms with Crippen LogP contribution in [0.1, 0.15) is 24.8 Å². The molecule has 1 aromatic carbocycles. The van der Waals surface area contributed by atoms with Crippen LogP contribution in [0.15, 0.2) is 18.2 Å². The van der Waals surface area contributed by atoms with Crippen LogP contribution in [0.3, 0.4) is 0 Å². The van der Waals surface area contributed by atoms with E-state index in [1.807, 2.05) is 25.2 Å². The number of likely N-dealkylation sites (tertiary alicyclic amines) is 1. The predicted octanol–water partition coefficient (Wildman–Crippen LogP) is 1.58. The van der Waals surface area contributed by atoms with Crippen LogP contribution in [0.2, 0.25) is 0 Å². The zero-order chi connectivity index (χ0) is 16.2. The maximum atomic E-state index is 12.6. The van der Waals surface area contributed by atoms with Crippen molar-refractivity contribution >= 4 is 12.1 Å². The normalized spacial score (nSPS) is 35.7. The Hall–Kier alpha value is -1.88. The standard InChI is InChI=1S/C18H21NO4/c1-19-9-8-18-11(13(19)10-20)6-7-14(21)17(18)23-16-12(18)4-3-5-15(16)22-2/h3-5,10-11,13,17H,6-9H2,1-2H3. The van der Waals surface area contributed by atoms with Crippen molar-refractivity contribution in [2.24, 2.45) is 5.92 Å². The molecule has 3 aliphatic rings. The van der Waals surface area contributed by atoms with Crippen LogP contribution < -0.4 is 9.47 Å². The van der Waals surface area contributed by atoms with E-state index in [0.29, 0.717) is 17.9 Å². The molecule has 0 bridgehead atoms. The van der Waals surface area contributed by atoms with Gasteiger partial charge in [0.05, 0.1) is 13.2 Å². The lowest BCUT2D eigenvalue weighted by atomic mass is 9.56. The maximum absolute atomic E-state index is 12.6. The summed E-state index contributed by atoms with van der Waals surface area (Å²) in [6.45, 7) is 0.781. The summed E-state index contributed by atoms with van der Waals surface area (Å²) in [6, 6.07) is 5.68. The Morgan fingerprint density at radius 2 is 2.26 bits per heavy atom. The monoisotopic (exact) mass is 315 g/mol. The number of ketones is 1. The number of nitrogens with zero attached hydrogens (tertiary/aromatic N) is 1. The van der Waals surface area contributed by atoms with E-state index in [1.165, 1.54) is 0 Å². The fourth-order valence-electron chi connectivity index (χ4n) is 4.91. The number of hydrogen-bond acceptors (Lipinski definition) is 5. The highest BCUT2D eigenvalue weighted by atomic mass is 16.5. The molecule has 0 radical (unpaired) electrons. The van der Waals surface area contributed by atoms with Gasteiger partial charge in [-0.25, -0.2) is 0 Å². The Morgan fingerprint density at radius 3 is 3.00 bits per heavy atom. The van der Waals surface area contributed by atoms with Crippen molar-refractivity contribution in [1.82, 2.24) is 4.90 Å². The number of likely N-dealkylation sites (N-methyl/N-ethyl adjacent to an activating group) is 1. The Balaban J connectivity index is 1.91. The highest BCUT2D eigenvalue weighted by molar-refractivity contribution is 5.89. The number of piperidine rings is 1. The number of carbonyl (C=O) groups excluding carboxylic acids is 2. The lowest BCUT2D eigenvalue weighted by molar-refractivity contribution is -0.140. The average molecular weight is 315 g/mol. The van der Waals surface area contributed by atoms with Gasteiger partial charge >= 0.3 is 0 Å². The van der Waals surface area contributed by atoms with Crippen molar-refractivity contribution in [3.8, 4) is 11.5 Å². The van der Waals surface area contributed by atoms with Gasteiger partial charge in [0, 0.05) is 17.4 Å². The van der Waals surface area contributed by atoms with Gasteiger partial charge in [0.25, 0.3) is 0 Å². The number of aldehydes is 1. The number of rotatable bonds is 2. The molecule has 1 spiro atoms. The second kappa shape index (κ2) is 5.06. The summed E-state index contributed by atoms with van der Waals surface area (Å²) in [5.41, 5.74) is 0.650. The average Bonchev–Trinajstić information content (AvgIpc) is 2.91. The van der Waals surface area contributed by atoms with Gasteiger partial charge in [0.1, 0.15) is 6.29 Å². The first-order valence-corrected chi connectivity index (χ1v) is 8.16. The van der Waals surface area contributed by atoms with Gasteiger partial charge in [0.15, 0.2) is 23.4 Å². The Kier molecular flexibility index (Phi) is 3.23. The number of fused-ring (bicyclic) bond motifs is 1. The minimum Gasteiger partial charge on any atom is -0.493 e. The number of ether oxygens (including phenoxy) is 2. The minimum absolute atomic E-state index is 0.106. The molecular formula is C18H21NO4. The molecule has 4 rings (SSSR count). The highest BCUT2D eigenvalue weighted by Gasteiger charge is 2.62. The Morgan fingerprint density at radius 1 is 1.43 bits per heavy atom. The summed E-state index contributed by atoms with van der Waals surface area (Å²) < 4.78 is 11.6. The topological polar surface area (TPSA) is 55.8 Å². The highest BCUT2D eigenvalue weighted by Crippen LogP contribution is 2.58. The maximum Gasteiger partial charge on any atom is 0.174 e. The quantitative estimate of drug-likeness (QED) is 0.776. The number of benzene rings is 1. The molecule has 5 nitrogen and oxygen atoms in total. The van der Waals surface area contributed by atoms with Crippen molar-refractivity contribution < 1.29 is 19.1 Å². The van der Waals surface area contributed by atoms with Gasteiger partial charge in [-0.1, -0.05) is 12.1 Å². The van der Waals surface area contributed by atoms with Crippen molar-refractivity contribution in [3.05, 3.63) is 23.8 Å². The molecule has 2 heterocycles. The van der Waals surface area contributed by atoms with Crippen molar-refractivity contribution in [1.29, 1.82) is 0 Å². The van der Waals surface area contributed by atoms with E-state index in [1.54, 1.807) is 7.11 Å². The fourth-order valence-corrected chi connectivity index (χ4v) is 4.91. The lowest BCUT2D eigenvalue weighted by Gasteiger charge is -2.52. The predicted molar refractivity (Wildman–Crippen MR) is 83.9 cm³/mol. The molecule has 23 heavy (non-hydrogen) atoms. The van der Waals surface area contributed by atoms with Crippen LogP contribution in [0.5, 0.6) is 11.5 Å². The number of methoxy groups -OCH3 is 1. The number of hydrogen-bond donors (Lipinski definition) is 0. The molecule has 2 aliphatic heterocycles. The number of carbonyl (C=O) groups is 2. The molecule has 122 valence electrons. The second-order valence-electron chi connectivity index (χ2n) is 6.84. The van der Waals surface area contributed by atoms with Crippen LogP contribution in [0, 0.1) is 5.92 Å². The van der Waals surface area contributed by atoms with E-state index >= 15 is 0 Å². The van der Waals surface area contributed by atoms with Crippen molar-refractivity contribution in [2.75, 3.05) is 20.7 Å². The fraction of sp³-hybridized carbons (Fsp3) is 0.556. The molecule has 2 fully saturated rings. The van der Waals surface area contributed by atoms with Gasteiger partial charge in [0.2, 0.25) is 0 Å². The number of Topliss-reactive ketones (excluding diaryl/α,β-unsaturated/α-hetero) is 1. The number of para-hydroxylation sites is 1. The third kappa shape index (κ3) is 1.77. The molecule has 0 aromatic heterocycles. The molecule has 1 saturated carbocycles. The minimum atomic E-state index is -0.483. The van der Waals surface area contributed by atoms with E-state index in [4.69, 9.17) is 9.47 Å².